The quantitative estimate of drug-likeness (QED) is 0.913. The van der Waals surface area contributed by atoms with Crippen LogP contribution in [0, 0.1) is 0 Å². The van der Waals surface area contributed by atoms with Crippen molar-refractivity contribution in [2.75, 3.05) is 6.61 Å². The van der Waals surface area contributed by atoms with Gasteiger partial charge in [-0.2, -0.15) is 18.3 Å². The van der Waals surface area contributed by atoms with Crippen LogP contribution in [0.15, 0.2) is 30.5 Å². The Labute approximate surface area is 119 Å². The average molecular weight is 300 g/mol. The number of alkyl halides is 3. The molecule has 0 aliphatic heterocycles. The van der Waals surface area contributed by atoms with Crippen LogP contribution in [0.1, 0.15) is 29.8 Å². The van der Waals surface area contributed by atoms with Gasteiger partial charge in [0.2, 0.25) is 0 Å². The van der Waals surface area contributed by atoms with Crippen LogP contribution in [0.2, 0.25) is 0 Å². The molecule has 1 aromatic carbocycles. The van der Waals surface area contributed by atoms with Gasteiger partial charge >= 0.3 is 6.18 Å². The smallest absolute Gasteiger partial charge is 0.416 e. The summed E-state index contributed by atoms with van der Waals surface area (Å²) in [5.74, 6) is -0.420. The summed E-state index contributed by atoms with van der Waals surface area (Å²) in [6.45, 7) is 1.69. The second kappa shape index (κ2) is 5.77. The van der Waals surface area contributed by atoms with Crippen LogP contribution in [0.5, 0.6) is 5.75 Å². The Morgan fingerprint density at radius 2 is 2.00 bits per heavy atom. The van der Waals surface area contributed by atoms with E-state index < -0.39 is 23.5 Å². The Balaban J connectivity index is 2.28. The molecule has 0 amide bonds. The zero-order chi connectivity index (χ0) is 15.6. The molecule has 2 aromatic rings. The van der Waals surface area contributed by atoms with Gasteiger partial charge in [-0.25, -0.2) is 0 Å². The number of nitrogens with zero attached hydrogens (tertiary/aromatic N) is 2. The maximum absolute atomic E-state index is 12.6. The third-order valence-electron chi connectivity index (χ3n) is 3.24. The molecule has 0 unspecified atom stereocenters. The molecule has 0 fully saturated rings. The normalized spacial score (nSPS) is 13.4. The van der Waals surface area contributed by atoms with E-state index in [-0.39, 0.29) is 6.61 Å². The van der Waals surface area contributed by atoms with E-state index in [2.05, 4.69) is 5.10 Å². The Bertz CT molecular complexity index is 623. The Morgan fingerprint density at radius 1 is 1.29 bits per heavy atom. The molecule has 0 bridgehead atoms. The van der Waals surface area contributed by atoms with Gasteiger partial charge in [-0.15, -0.1) is 0 Å². The number of aromatic hydroxyl groups is 1. The predicted molar refractivity (Wildman–Crippen MR) is 69.9 cm³/mol. The van der Waals surface area contributed by atoms with Crippen LogP contribution in [0.3, 0.4) is 0 Å². The van der Waals surface area contributed by atoms with E-state index in [0.717, 1.165) is 6.07 Å². The first kappa shape index (κ1) is 15.4. The van der Waals surface area contributed by atoms with Crippen molar-refractivity contribution in [1.82, 2.24) is 9.78 Å². The van der Waals surface area contributed by atoms with Gasteiger partial charge in [0, 0.05) is 24.8 Å². The van der Waals surface area contributed by atoms with Crippen LogP contribution < -0.4 is 0 Å². The highest BCUT2D eigenvalue weighted by atomic mass is 19.4. The van der Waals surface area contributed by atoms with Crippen molar-refractivity contribution in [3.05, 3.63) is 47.3 Å². The first-order valence-corrected chi connectivity index (χ1v) is 6.38. The fraction of sp³-hybridized carbons (Fsp3) is 0.357. The van der Waals surface area contributed by atoms with Crippen molar-refractivity contribution in [2.45, 2.75) is 25.6 Å². The highest BCUT2D eigenvalue weighted by molar-refractivity contribution is 5.39. The molecule has 0 aliphatic rings. The molecule has 21 heavy (non-hydrogen) atoms. The number of phenols is 1. The maximum Gasteiger partial charge on any atom is 0.416 e. The van der Waals surface area contributed by atoms with Gasteiger partial charge in [0.15, 0.2) is 0 Å². The van der Waals surface area contributed by atoms with E-state index in [1.165, 1.54) is 10.7 Å². The van der Waals surface area contributed by atoms with E-state index >= 15 is 0 Å². The van der Waals surface area contributed by atoms with E-state index in [0.29, 0.717) is 23.7 Å². The number of aromatic nitrogens is 2. The fourth-order valence-electron chi connectivity index (χ4n) is 2.06. The zero-order valence-electron chi connectivity index (χ0n) is 11.3. The van der Waals surface area contributed by atoms with Crippen molar-refractivity contribution in [1.29, 1.82) is 0 Å². The first-order valence-electron chi connectivity index (χ1n) is 6.38. The summed E-state index contributed by atoms with van der Waals surface area (Å²) in [6, 6.07) is 4.19. The second-order valence-corrected chi connectivity index (χ2v) is 4.71. The number of benzene rings is 1. The van der Waals surface area contributed by atoms with Crippen LogP contribution in [0.4, 0.5) is 13.2 Å². The lowest BCUT2D eigenvalue weighted by Crippen LogP contribution is -2.10. The molecule has 0 aliphatic carbocycles. The lowest BCUT2D eigenvalue weighted by atomic mass is 10.0. The molecule has 0 saturated heterocycles. The van der Waals surface area contributed by atoms with Crippen molar-refractivity contribution in [3.63, 3.8) is 0 Å². The molecule has 114 valence electrons. The number of hydrogen-bond donors (Lipinski definition) is 2. The predicted octanol–water partition coefficient (Wildman–Crippen LogP) is 2.75. The van der Waals surface area contributed by atoms with Crippen LogP contribution >= 0.6 is 0 Å². The van der Waals surface area contributed by atoms with Gasteiger partial charge in [-0.3, -0.25) is 4.68 Å². The summed E-state index contributed by atoms with van der Waals surface area (Å²) in [5, 5.41) is 22.9. The summed E-state index contributed by atoms with van der Waals surface area (Å²) in [4.78, 5) is 0. The number of hydrogen-bond acceptors (Lipinski definition) is 3. The maximum atomic E-state index is 12.6. The van der Waals surface area contributed by atoms with Gasteiger partial charge in [0.25, 0.3) is 0 Å². The first-order chi connectivity index (χ1) is 9.82. The van der Waals surface area contributed by atoms with Crippen molar-refractivity contribution in [3.8, 4) is 5.75 Å². The third-order valence-corrected chi connectivity index (χ3v) is 3.24. The Morgan fingerprint density at radius 3 is 2.57 bits per heavy atom. The molecule has 1 aromatic heterocycles. The molecular formula is C14H15F3N2O2. The summed E-state index contributed by atoms with van der Waals surface area (Å²) < 4.78 is 39.2. The number of aliphatic hydroxyl groups excluding tert-OH is 1. The van der Waals surface area contributed by atoms with Gasteiger partial charge in [-0.05, 0) is 25.1 Å². The van der Waals surface area contributed by atoms with Crippen molar-refractivity contribution >= 4 is 0 Å². The van der Waals surface area contributed by atoms with Gasteiger partial charge in [-0.1, -0.05) is 6.07 Å². The van der Waals surface area contributed by atoms with Crippen LogP contribution in [-0.2, 0) is 12.6 Å². The minimum absolute atomic E-state index is 0.0308. The lowest BCUT2D eigenvalue weighted by molar-refractivity contribution is -0.137. The molecule has 0 spiro atoms. The highest BCUT2D eigenvalue weighted by Crippen LogP contribution is 2.35. The average Bonchev–Trinajstić information content (AvgIpc) is 2.86. The van der Waals surface area contributed by atoms with Crippen molar-refractivity contribution < 1.29 is 23.4 Å². The SMILES string of the molecule is C[C@@H](c1ccc(C(F)(F)F)cc1O)n1ccc(CCO)n1. The third kappa shape index (κ3) is 3.36. The Hall–Kier alpha value is -2.02. The number of halogens is 3. The molecule has 4 nitrogen and oxygen atoms in total. The fourth-order valence-corrected chi connectivity index (χ4v) is 2.06. The van der Waals surface area contributed by atoms with Crippen molar-refractivity contribution in [2.24, 2.45) is 0 Å². The molecule has 2 rings (SSSR count). The van der Waals surface area contributed by atoms with E-state index in [4.69, 9.17) is 5.11 Å². The second-order valence-electron chi connectivity index (χ2n) is 4.71. The molecule has 1 heterocycles. The molecule has 1 atom stereocenters. The highest BCUT2D eigenvalue weighted by Gasteiger charge is 2.31. The summed E-state index contributed by atoms with van der Waals surface area (Å²) in [5.41, 5.74) is 0.134. The Kier molecular flexibility index (Phi) is 4.22. The topological polar surface area (TPSA) is 58.3 Å². The van der Waals surface area contributed by atoms with E-state index in [1.807, 2.05) is 0 Å². The van der Waals surface area contributed by atoms with Crippen LogP contribution in [0.25, 0.3) is 0 Å². The van der Waals surface area contributed by atoms with Gasteiger partial charge in [0.1, 0.15) is 5.75 Å². The number of rotatable bonds is 4. The monoisotopic (exact) mass is 300 g/mol. The van der Waals surface area contributed by atoms with Gasteiger partial charge in [0.05, 0.1) is 17.3 Å². The molecule has 2 N–H and O–H groups in total. The standard InChI is InChI=1S/C14H15F3N2O2/c1-9(19-6-4-11(18-19)5-7-20)12-3-2-10(8-13(12)21)14(15,16)17/h2-4,6,8-9,20-21H,5,7H2,1H3/t9-/m0/s1. The largest absolute Gasteiger partial charge is 0.508 e. The molecular weight excluding hydrogens is 285 g/mol. The number of aliphatic hydroxyl groups is 1. The van der Waals surface area contributed by atoms with E-state index in [9.17, 15) is 18.3 Å². The van der Waals surface area contributed by atoms with E-state index in [1.54, 1.807) is 19.2 Å². The summed E-state index contributed by atoms with van der Waals surface area (Å²) >= 11 is 0. The molecule has 7 heteroatoms. The summed E-state index contributed by atoms with van der Waals surface area (Å²) in [6.07, 6.45) is -2.43. The number of phenolic OH excluding ortho intramolecular Hbond substituents is 1. The van der Waals surface area contributed by atoms with Crippen LogP contribution in [-0.4, -0.2) is 26.6 Å². The molecule has 0 radical (unpaired) electrons. The minimum Gasteiger partial charge on any atom is -0.508 e. The zero-order valence-corrected chi connectivity index (χ0v) is 11.3. The van der Waals surface area contributed by atoms with Gasteiger partial charge < -0.3 is 10.2 Å². The lowest BCUT2D eigenvalue weighted by Gasteiger charge is -2.16. The minimum atomic E-state index is -4.49. The molecule has 0 saturated carbocycles. The summed E-state index contributed by atoms with van der Waals surface area (Å²) in [7, 11) is 0.